The Kier molecular flexibility index (Phi) is 4.88. The van der Waals surface area contributed by atoms with E-state index in [1.54, 1.807) is 20.8 Å². The summed E-state index contributed by atoms with van der Waals surface area (Å²) in [7, 11) is 0. The molecule has 1 aromatic rings. The van der Waals surface area contributed by atoms with Crippen molar-refractivity contribution in [1.82, 2.24) is 9.80 Å². The maximum Gasteiger partial charge on any atom is 0.411 e. The van der Waals surface area contributed by atoms with Crippen LogP contribution in [0.15, 0.2) is 24.3 Å². The van der Waals surface area contributed by atoms with Gasteiger partial charge in [-0.05, 0) is 44.7 Å². The molecule has 1 atom stereocenters. The zero-order valence-corrected chi connectivity index (χ0v) is 16.0. The van der Waals surface area contributed by atoms with Crippen LogP contribution in [-0.4, -0.2) is 57.1 Å². The lowest BCUT2D eigenvalue weighted by Gasteiger charge is -2.39. The Hall–Kier alpha value is -2.57. The second-order valence-corrected chi connectivity index (χ2v) is 8.27. The van der Waals surface area contributed by atoms with Gasteiger partial charge in [-0.3, -0.25) is 14.5 Å². The van der Waals surface area contributed by atoms with Crippen molar-refractivity contribution in [1.29, 1.82) is 0 Å². The average molecular weight is 374 g/mol. The van der Waals surface area contributed by atoms with Crippen LogP contribution in [0.1, 0.15) is 44.7 Å². The van der Waals surface area contributed by atoms with Crippen LogP contribution in [0, 0.1) is 0 Å². The van der Waals surface area contributed by atoms with Crippen molar-refractivity contribution in [3.63, 3.8) is 0 Å². The third kappa shape index (κ3) is 3.77. The molecular weight excluding hydrogens is 348 g/mol. The number of carboxylic acids is 1. The van der Waals surface area contributed by atoms with Crippen LogP contribution in [0.3, 0.4) is 0 Å². The summed E-state index contributed by atoms with van der Waals surface area (Å²) in [6.07, 6.45) is 1.02. The number of aliphatic carboxylic acids is 1. The van der Waals surface area contributed by atoms with Crippen LogP contribution in [0.2, 0.25) is 0 Å². The molecule has 27 heavy (non-hydrogen) atoms. The molecule has 7 nitrogen and oxygen atoms in total. The third-order valence-electron chi connectivity index (χ3n) is 5.08. The molecule has 0 radical (unpaired) electrons. The van der Waals surface area contributed by atoms with Gasteiger partial charge in [-0.25, -0.2) is 4.79 Å². The first-order valence-electron chi connectivity index (χ1n) is 9.21. The Morgan fingerprint density at radius 1 is 1.22 bits per heavy atom. The maximum absolute atomic E-state index is 13.5. The summed E-state index contributed by atoms with van der Waals surface area (Å²) in [6, 6.07) is 7.63. The summed E-state index contributed by atoms with van der Waals surface area (Å²) in [5.41, 5.74) is 0.117. The standard InChI is InChI=1S/C20H26N2O5/c1-19(2,3)27-18(26)22-10-6-9-20(22)11-14-7-4-5-8-15(14)12-21(17(20)25)13-16(23)24/h4-5,7-8H,6,9-13H2,1-3H3,(H,23,24)/t20-/m0/s1. The van der Waals surface area contributed by atoms with E-state index in [0.29, 0.717) is 25.8 Å². The quantitative estimate of drug-likeness (QED) is 0.859. The van der Waals surface area contributed by atoms with Gasteiger partial charge in [0.25, 0.3) is 0 Å². The zero-order chi connectivity index (χ0) is 19.8. The lowest BCUT2D eigenvalue weighted by molar-refractivity contribution is -0.150. The Balaban J connectivity index is 2.03. The molecule has 0 bridgehead atoms. The molecule has 1 spiro atoms. The summed E-state index contributed by atoms with van der Waals surface area (Å²) < 4.78 is 5.54. The number of hydrogen-bond donors (Lipinski definition) is 1. The predicted octanol–water partition coefficient (Wildman–Crippen LogP) is 2.43. The molecule has 2 amide bonds. The Morgan fingerprint density at radius 2 is 1.89 bits per heavy atom. The van der Waals surface area contributed by atoms with Crippen molar-refractivity contribution in [2.24, 2.45) is 0 Å². The van der Waals surface area contributed by atoms with Gasteiger partial charge in [0, 0.05) is 19.5 Å². The molecule has 2 heterocycles. The van der Waals surface area contributed by atoms with Gasteiger partial charge in [-0.2, -0.15) is 0 Å². The Morgan fingerprint density at radius 3 is 2.52 bits per heavy atom. The fourth-order valence-electron chi connectivity index (χ4n) is 4.01. The summed E-state index contributed by atoms with van der Waals surface area (Å²) >= 11 is 0. The van der Waals surface area contributed by atoms with Gasteiger partial charge in [-0.15, -0.1) is 0 Å². The van der Waals surface area contributed by atoms with Gasteiger partial charge >= 0.3 is 12.1 Å². The van der Waals surface area contributed by atoms with Crippen molar-refractivity contribution >= 4 is 18.0 Å². The number of amides is 2. The fraction of sp³-hybridized carbons (Fsp3) is 0.550. The second-order valence-electron chi connectivity index (χ2n) is 8.27. The number of carbonyl (C=O) groups is 3. The molecule has 1 saturated heterocycles. The average Bonchev–Trinajstić information content (AvgIpc) is 2.93. The highest BCUT2D eigenvalue weighted by atomic mass is 16.6. The molecule has 0 saturated carbocycles. The predicted molar refractivity (Wildman–Crippen MR) is 98.1 cm³/mol. The monoisotopic (exact) mass is 374 g/mol. The lowest BCUT2D eigenvalue weighted by atomic mass is 9.87. The van der Waals surface area contributed by atoms with Crippen LogP contribution in [-0.2, 0) is 27.3 Å². The highest BCUT2D eigenvalue weighted by Crippen LogP contribution is 2.39. The first-order chi connectivity index (χ1) is 12.6. The number of nitrogens with zero attached hydrogens (tertiary/aromatic N) is 2. The van der Waals surface area contributed by atoms with E-state index in [1.165, 1.54) is 9.80 Å². The molecule has 1 aromatic carbocycles. The normalized spacial score (nSPS) is 22.6. The number of likely N-dealkylation sites (tertiary alicyclic amines) is 1. The number of benzene rings is 1. The van der Waals surface area contributed by atoms with Gasteiger partial charge in [0.05, 0.1) is 0 Å². The number of hydrogen-bond acceptors (Lipinski definition) is 4. The summed E-state index contributed by atoms with van der Waals surface area (Å²) in [4.78, 5) is 40.5. The minimum atomic E-state index is -1.09. The zero-order valence-electron chi connectivity index (χ0n) is 16.0. The molecule has 3 rings (SSSR count). The fourth-order valence-corrected chi connectivity index (χ4v) is 4.01. The van der Waals surface area contributed by atoms with Crippen LogP contribution < -0.4 is 0 Å². The minimum Gasteiger partial charge on any atom is -0.480 e. The number of rotatable bonds is 2. The number of fused-ring (bicyclic) bond motifs is 1. The lowest BCUT2D eigenvalue weighted by Crippen LogP contribution is -2.59. The molecule has 2 aliphatic rings. The Labute approximate surface area is 158 Å². The number of carboxylic acid groups (broad SMARTS) is 1. The second kappa shape index (κ2) is 6.87. The van der Waals surface area contributed by atoms with Crippen LogP contribution in [0.25, 0.3) is 0 Å². The summed E-state index contributed by atoms with van der Waals surface area (Å²) in [6.45, 7) is 5.61. The number of carbonyl (C=O) groups excluding carboxylic acids is 2. The van der Waals surface area contributed by atoms with Crippen molar-refractivity contribution < 1.29 is 24.2 Å². The molecule has 0 aromatic heterocycles. The van der Waals surface area contributed by atoms with Gasteiger partial charge in [0.2, 0.25) is 5.91 Å². The van der Waals surface area contributed by atoms with Crippen LogP contribution in [0.5, 0.6) is 0 Å². The first kappa shape index (κ1) is 19.2. The molecule has 146 valence electrons. The Bertz CT molecular complexity index is 770. The number of ether oxygens (including phenoxy) is 1. The highest BCUT2D eigenvalue weighted by molar-refractivity contribution is 5.93. The van der Waals surface area contributed by atoms with Crippen LogP contribution in [0.4, 0.5) is 4.79 Å². The van der Waals surface area contributed by atoms with Gasteiger partial charge < -0.3 is 14.7 Å². The molecule has 7 heteroatoms. The highest BCUT2D eigenvalue weighted by Gasteiger charge is 2.54. The molecule has 0 aliphatic carbocycles. The van der Waals surface area contributed by atoms with E-state index in [1.807, 2.05) is 24.3 Å². The van der Waals surface area contributed by atoms with E-state index in [9.17, 15) is 19.5 Å². The van der Waals surface area contributed by atoms with E-state index in [2.05, 4.69) is 0 Å². The summed E-state index contributed by atoms with van der Waals surface area (Å²) in [5, 5.41) is 9.28. The molecule has 2 aliphatic heterocycles. The van der Waals surface area contributed by atoms with E-state index < -0.39 is 29.7 Å². The maximum atomic E-state index is 13.5. The smallest absolute Gasteiger partial charge is 0.411 e. The van der Waals surface area contributed by atoms with Gasteiger partial charge in [0.1, 0.15) is 17.7 Å². The van der Waals surface area contributed by atoms with E-state index in [0.717, 1.165) is 11.1 Å². The molecular formula is C20H26N2O5. The SMILES string of the molecule is CC(C)(C)OC(=O)N1CCC[C@@]12Cc1ccccc1CN(CC(=O)O)C2=O. The van der Waals surface area contributed by atoms with Gasteiger partial charge in [0.15, 0.2) is 0 Å². The van der Waals surface area contributed by atoms with Crippen molar-refractivity contribution in [2.45, 2.75) is 57.7 Å². The molecule has 1 fully saturated rings. The van der Waals surface area contributed by atoms with Crippen molar-refractivity contribution in [2.75, 3.05) is 13.1 Å². The van der Waals surface area contributed by atoms with E-state index in [-0.39, 0.29) is 12.5 Å². The van der Waals surface area contributed by atoms with Gasteiger partial charge in [-0.1, -0.05) is 24.3 Å². The first-order valence-corrected chi connectivity index (χ1v) is 9.21. The van der Waals surface area contributed by atoms with Crippen molar-refractivity contribution in [3.05, 3.63) is 35.4 Å². The van der Waals surface area contributed by atoms with Crippen molar-refractivity contribution in [3.8, 4) is 0 Å². The summed E-state index contributed by atoms with van der Waals surface area (Å²) in [5.74, 6) is -1.39. The molecule has 1 N–H and O–H groups in total. The van der Waals surface area contributed by atoms with Crippen LogP contribution >= 0.6 is 0 Å². The van der Waals surface area contributed by atoms with E-state index in [4.69, 9.17) is 4.74 Å². The molecule has 0 unspecified atom stereocenters. The van der Waals surface area contributed by atoms with E-state index >= 15 is 0 Å². The minimum absolute atomic E-state index is 0.227. The largest absolute Gasteiger partial charge is 0.480 e. The topological polar surface area (TPSA) is 87.2 Å². The third-order valence-corrected chi connectivity index (χ3v) is 5.08.